The van der Waals surface area contributed by atoms with E-state index in [1.807, 2.05) is 65.6 Å². The first-order valence-electron chi connectivity index (χ1n) is 28.9. The molecule has 3 aromatic heterocycles. The molecule has 3 aliphatic rings. The van der Waals surface area contributed by atoms with Gasteiger partial charge in [0.25, 0.3) is 11.8 Å². The summed E-state index contributed by atoms with van der Waals surface area (Å²) in [7, 11) is 1.46. The predicted octanol–water partition coefficient (Wildman–Crippen LogP) is 8.24. The monoisotopic (exact) mass is 1170 g/mol. The summed E-state index contributed by atoms with van der Waals surface area (Å²) in [5, 5.41) is 38.8. The number of nitrogens with zero attached hydrogens (tertiary/aromatic N) is 15. The average molecular weight is 1170 g/mol. The molecule has 21 nitrogen and oxygen atoms in total. The van der Waals surface area contributed by atoms with Crippen molar-refractivity contribution in [3.63, 3.8) is 0 Å². The number of hydrogen-bond donors (Lipinski definition) is 2. The average Bonchev–Trinajstić information content (AvgIpc) is 1.39. The number of carbonyl (C=O) groups excluding carboxylic acids is 2. The zero-order valence-electron chi connectivity index (χ0n) is 48.0. The maximum absolute atomic E-state index is 18.4. The van der Waals surface area contributed by atoms with Crippen molar-refractivity contribution in [3.05, 3.63) is 173 Å². The molecule has 2 aliphatic heterocycles. The molecular weight excluding hydrogens is 1110 g/mol. The highest BCUT2D eigenvalue weighted by molar-refractivity contribution is 6.30. The lowest BCUT2D eigenvalue weighted by atomic mass is 9.74. The van der Waals surface area contributed by atoms with Crippen LogP contribution in [0.4, 0.5) is 35.2 Å². The number of rotatable bonds is 23. The van der Waals surface area contributed by atoms with E-state index in [0.717, 1.165) is 30.5 Å². The normalized spacial score (nSPS) is 16.2. The Balaban J connectivity index is 1.25. The van der Waals surface area contributed by atoms with Crippen molar-refractivity contribution in [2.75, 3.05) is 102 Å². The van der Waals surface area contributed by atoms with Crippen LogP contribution in [0.2, 0.25) is 5.02 Å². The number of nitrogens with two attached hydrogens (primary N) is 1. The minimum Gasteiger partial charge on any atom is -0.496 e. The Bertz CT molecular complexity index is 3550. The summed E-state index contributed by atoms with van der Waals surface area (Å²) in [4.78, 5) is 74.9. The van der Waals surface area contributed by atoms with E-state index in [-0.39, 0.29) is 53.4 Å². The van der Waals surface area contributed by atoms with Crippen molar-refractivity contribution >= 4 is 58.6 Å². The maximum atomic E-state index is 18.4. The standard InChI is InChI=1S/C64H68ClN17O4/c1-85-54-20-12-11-19-52(54)53(45-68)82(64(58(69)83,44-48-15-7-3-8-16-48)81(34-29-67)56-26-31-70-60(75-56)73-46-49-17-9-4-10-18-49)59(84)63(43-47-13-5-2-6-14-47,55-25-30-71-61(74-55)79-39-41-86-42-40-79)80(33-28-66)57-27-32-72-62(76-57)78-37-35-77(36-38-78)51-23-21-50(65)22-24-51/h3-4,7-12,15-27,30-32,47,53H,2,5-6,13-14,33-44,46H2,1H3,(H2,69,83)(H,70,73,75)/t53?,63-,64+/m1/s1. The van der Waals surface area contributed by atoms with Gasteiger partial charge in [0.2, 0.25) is 23.5 Å². The van der Waals surface area contributed by atoms with Crippen molar-refractivity contribution in [1.82, 2.24) is 34.8 Å². The molecule has 440 valence electrons. The van der Waals surface area contributed by atoms with Crippen LogP contribution in [0.15, 0.2) is 146 Å². The summed E-state index contributed by atoms with van der Waals surface area (Å²) in [5.41, 5.74) is 5.26. The van der Waals surface area contributed by atoms with Gasteiger partial charge in [0.1, 0.15) is 30.5 Å². The molecule has 2 saturated heterocycles. The molecule has 3 fully saturated rings. The number of benzene rings is 4. The van der Waals surface area contributed by atoms with Gasteiger partial charge >= 0.3 is 0 Å². The fourth-order valence-electron chi connectivity index (χ4n) is 12.1. The Morgan fingerprint density at radius 2 is 1.30 bits per heavy atom. The number of methoxy groups -OCH3 is 1. The quantitative estimate of drug-likeness (QED) is 0.0451. The van der Waals surface area contributed by atoms with Crippen LogP contribution in [0.5, 0.6) is 5.75 Å². The van der Waals surface area contributed by atoms with Crippen LogP contribution >= 0.6 is 11.6 Å². The van der Waals surface area contributed by atoms with Crippen molar-refractivity contribution in [3.8, 4) is 24.0 Å². The van der Waals surface area contributed by atoms with Crippen LogP contribution in [0, 0.1) is 39.9 Å². The van der Waals surface area contributed by atoms with Gasteiger partial charge in [-0.3, -0.25) is 14.5 Å². The topological polar surface area (TPSA) is 259 Å². The van der Waals surface area contributed by atoms with Crippen molar-refractivity contribution < 1.29 is 19.1 Å². The molecule has 22 heteroatoms. The van der Waals surface area contributed by atoms with Crippen molar-refractivity contribution in [1.29, 1.82) is 15.8 Å². The highest BCUT2D eigenvalue weighted by Gasteiger charge is 2.61. The number of nitriles is 3. The highest BCUT2D eigenvalue weighted by atomic mass is 35.5. The Labute approximate surface area is 506 Å². The molecule has 2 amide bonds. The number of hydrogen-bond acceptors (Lipinski definition) is 19. The molecule has 10 rings (SSSR count). The second-order valence-electron chi connectivity index (χ2n) is 21.4. The van der Waals surface area contributed by atoms with Gasteiger partial charge in [0, 0.05) is 87.1 Å². The number of morpholine rings is 1. The molecule has 86 heavy (non-hydrogen) atoms. The van der Waals surface area contributed by atoms with E-state index >= 15 is 9.59 Å². The molecule has 7 aromatic rings. The molecule has 0 radical (unpaired) electrons. The summed E-state index contributed by atoms with van der Waals surface area (Å²) < 4.78 is 11.8. The van der Waals surface area contributed by atoms with Crippen molar-refractivity contribution in [2.45, 2.75) is 68.7 Å². The third kappa shape index (κ3) is 12.9. The number of anilines is 6. The Morgan fingerprint density at radius 3 is 1.97 bits per heavy atom. The Morgan fingerprint density at radius 1 is 0.709 bits per heavy atom. The smallest absolute Gasteiger partial charge is 0.264 e. The summed E-state index contributed by atoms with van der Waals surface area (Å²) >= 11 is 6.27. The second kappa shape index (κ2) is 27.8. The number of para-hydroxylation sites is 1. The van der Waals surface area contributed by atoms with Gasteiger partial charge < -0.3 is 45.0 Å². The highest BCUT2D eigenvalue weighted by Crippen LogP contribution is 2.48. The molecule has 3 atom stereocenters. The minimum atomic E-state index is -2.53. The molecule has 3 N–H and O–H groups in total. The number of primary amides is 1. The van der Waals surface area contributed by atoms with E-state index in [4.69, 9.17) is 51.7 Å². The van der Waals surface area contributed by atoms with Crippen LogP contribution in [0.1, 0.15) is 67.0 Å². The van der Waals surface area contributed by atoms with E-state index in [1.54, 1.807) is 78.0 Å². The van der Waals surface area contributed by atoms with Gasteiger partial charge in [-0.25, -0.2) is 19.9 Å². The summed E-state index contributed by atoms with van der Waals surface area (Å²) in [5.74, 6) is -0.911. The number of carbonyl (C=O) groups is 2. The molecule has 1 unspecified atom stereocenters. The number of amides is 2. The van der Waals surface area contributed by atoms with E-state index in [0.29, 0.717) is 94.4 Å². The molecule has 5 heterocycles. The minimum absolute atomic E-state index is 0.00619. The number of nitrogens with one attached hydrogen (secondary N) is 1. The largest absolute Gasteiger partial charge is 0.496 e. The maximum Gasteiger partial charge on any atom is 0.264 e. The number of piperazine rings is 1. The molecule has 4 aromatic carbocycles. The lowest BCUT2D eigenvalue weighted by Gasteiger charge is -2.54. The first-order valence-corrected chi connectivity index (χ1v) is 29.3. The molecule has 0 bridgehead atoms. The first kappa shape index (κ1) is 59.5. The van der Waals surface area contributed by atoms with Crippen LogP contribution in [-0.2, 0) is 32.8 Å². The van der Waals surface area contributed by atoms with Crippen LogP contribution < -0.4 is 40.3 Å². The third-order valence-corrected chi connectivity index (χ3v) is 16.6. The van der Waals surface area contributed by atoms with E-state index in [2.05, 4.69) is 38.3 Å². The van der Waals surface area contributed by atoms with Gasteiger partial charge in [-0.2, -0.15) is 25.8 Å². The Kier molecular flexibility index (Phi) is 19.3. The van der Waals surface area contributed by atoms with E-state index < -0.39 is 42.1 Å². The van der Waals surface area contributed by atoms with Gasteiger partial charge in [0.05, 0.1) is 44.2 Å². The SMILES string of the molecule is COc1ccccc1C(C#N)N(C(=O)[C@@](CC1CCCCC1)(c1ccnc(N2CCOCC2)n1)N(CC#N)c1ccnc(N2CCN(c3ccc(Cl)cc3)CC2)n1)[C@@](Cc1ccccc1)(C(N)=O)N(CC#N)c1ccnc(NCc2ccccc2)n1. The molecule has 0 spiro atoms. The zero-order chi connectivity index (χ0) is 59.9. The van der Waals surface area contributed by atoms with Crippen LogP contribution in [-0.4, -0.2) is 125 Å². The van der Waals surface area contributed by atoms with Gasteiger partial charge in [0.15, 0.2) is 11.6 Å². The lowest BCUT2D eigenvalue weighted by Crippen LogP contribution is -2.74. The van der Waals surface area contributed by atoms with E-state index in [1.165, 1.54) is 29.2 Å². The Hall–Kier alpha value is -9.62. The van der Waals surface area contributed by atoms with Gasteiger partial charge in [-0.05, 0) is 72.0 Å². The summed E-state index contributed by atoms with van der Waals surface area (Å²) in [6.07, 6.45) is 8.38. The third-order valence-electron chi connectivity index (χ3n) is 16.4. The van der Waals surface area contributed by atoms with Gasteiger partial charge in [-0.15, -0.1) is 0 Å². The number of ether oxygens (including phenoxy) is 2. The predicted molar refractivity (Wildman–Crippen MR) is 328 cm³/mol. The first-order chi connectivity index (χ1) is 42.1. The van der Waals surface area contributed by atoms with Crippen LogP contribution in [0.3, 0.4) is 0 Å². The van der Waals surface area contributed by atoms with E-state index in [9.17, 15) is 15.8 Å². The summed E-state index contributed by atoms with van der Waals surface area (Å²) in [6.45, 7) is 3.28. The number of aromatic nitrogens is 6. The van der Waals surface area contributed by atoms with Crippen LogP contribution in [0.25, 0.3) is 0 Å². The second-order valence-corrected chi connectivity index (χ2v) is 21.9. The van der Waals surface area contributed by atoms with Gasteiger partial charge in [-0.1, -0.05) is 123 Å². The zero-order valence-corrected chi connectivity index (χ0v) is 48.8. The van der Waals surface area contributed by atoms with Crippen molar-refractivity contribution in [2.24, 2.45) is 11.7 Å². The fourth-order valence-corrected chi connectivity index (χ4v) is 12.3. The molecule has 1 aliphatic carbocycles. The lowest BCUT2D eigenvalue weighted by molar-refractivity contribution is -0.154. The molecular formula is C64H68ClN17O4. The summed E-state index contributed by atoms with van der Waals surface area (Å²) in [6, 6.07) is 43.4. The number of halogens is 1. The molecule has 1 saturated carbocycles. The fraction of sp³-hybridized carbons (Fsp3) is 0.359.